The molecule has 0 spiro atoms. The van der Waals surface area contributed by atoms with Crippen molar-refractivity contribution in [1.29, 1.82) is 0 Å². The Morgan fingerprint density at radius 1 is 0.0899 bits per heavy atom. The Hall–Kier alpha value is -19.4. The van der Waals surface area contributed by atoms with Gasteiger partial charge in [0.05, 0.1) is 0 Å². The summed E-state index contributed by atoms with van der Waals surface area (Å²) in [7, 11) is 0. The largest absolute Gasteiger partial charge is 0.358 e. The Morgan fingerprint density at radius 2 is 0.146 bits per heavy atom. The zero-order valence-corrected chi connectivity index (χ0v) is 45.0. The summed E-state index contributed by atoms with van der Waals surface area (Å²) < 4.78 is 0. The average molecular weight is 1070 g/mol. The average Bonchev–Trinajstić information content (AvgIpc) is 3.54. The van der Waals surface area contributed by atoms with Gasteiger partial charge < -0.3 is 6.42 Å². The fraction of sp³-hybridized carbons (Fsp3) is 0.0112. The van der Waals surface area contributed by atoms with Crippen LogP contribution in [0.2, 0.25) is 0 Å². The molecule has 0 aliphatic rings. The molecule has 0 radical (unpaired) electrons. The molecule has 0 fully saturated rings. The minimum absolute atomic E-state index is 1.68. The van der Waals surface area contributed by atoms with Crippen molar-refractivity contribution in [2.45, 2.75) is 6.92 Å². The van der Waals surface area contributed by atoms with Gasteiger partial charge in [-0.05, 0) is 102 Å². The van der Waals surface area contributed by atoms with Crippen molar-refractivity contribution in [3.05, 3.63) is 6.42 Å². The van der Waals surface area contributed by atoms with Crippen molar-refractivity contribution in [3.63, 3.8) is 0 Å². The van der Waals surface area contributed by atoms with E-state index in [1.54, 1.807) is 6.92 Å². The Labute approximate surface area is 525 Å². The molecule has 0 atom stereocenters. The molecule has 0 aromatic heterocycles. The molecular weight excluding hydrogens is 1070 g/mol. The quantitative estimate of drug-likeness (QED) is 0.249. The third-order valence-electron chi connectivity index (χ3n) is 5.44. The minimum atomic E-state index is 1.68. The summed E-state index contributed by atoms with van der Waals surface area (Å²) >= 11 is 0. The lowest BCUT2D eigenvalue weighted by Crippen LogP contribution is -1.57. The topological polar surface area (TPSA) is 0 Å². The van der Waals surface area contributed by atoms with Gasteiger partial charge in [0.15, 0.2) is 0 Å². The predicted octanol–water partition coefficient (Wildman–Crippen LogP) is 0.742. The molecule has 0 heterocycles. The molecular formula is C89H3-. The first-order valence-corrected chi connectivity index (χ1v) is 22.2. The molecule has 0 aliphatic heterocycles. The Morgan fingerprint density at radius 3 is 0.202 bits per heavy atom. The van der Waals surface area contributed by atoms with E-state index in [0.29, 0.717) is 0 Å². The van der Waals surface area contributed by atoms with Crippen LogP contribution in [0, 0.1) is 522 Å². The van der Waals surface area contributed by atoms with E-state index in [0.717, 1.165) is 0 Å². The molecule has 0 rings (SSSR count). The molecule has 0 aliphatic carbocycles. The molecule has 0 nitrogen and oxygen atoms in total. The van der Waals surface area contributed by atoms with E-state index in [1.165, 1.54) is 0 Å². The van der Waals surface area contributed by atoms with E-state index >= 15 is 0 Å². The van der Waals surface area contributed by atoms with Crippen molar-refractivity contribution >= 4 is 0 Å². The van der Waals surface area contributed by atoms with Gasteiger partial charge in [-0.1, -0.05) is 5.92 Å². The molecule has 0 unspecified atom stereocenters. The highest BCUT2D eigenvalue weighted by Gasteiger charge is 1.66. The van der Waals surface area contributed by atoms with Crippen LogP contribution in [0.3, 0.4) is 0 Å². The van der Waals surface area contributed by atoms with Gasteiger partial charge in [0.1, 0.15) is 0 Å². The maximum Gasteiger partial charge on any atom is 0 e. The Balaban J connectivity index is 4.63. The van der Waals surface area contributed by atoms with Gasteiger partial charge in [-0.3, -0.25) is 5.92 Å². The van der Waals surface area contributed by atoms with Gasteiger partial charge in [-0.2, -0.15) is 0 Å². The van der Waals surface area contributed by atoms with Crippen molar-refractivity contribution in [2.75, 3.05) is 0 Å². The van der Waals surface area contributed by atoms with E-state index < -0.39 is 0 Å². The van der Waals surface area contributed by atoms with Crippen molar-refractivity contribution in [2.24, 2.45) is 0 Å². The normalized spacial score (nSPS) is 3.96. The first-order valence-electron chi connectivity index (χ1n) is 22.2. The van der Waals surface area contributed by atoms with Crippen LogP contribution >= 0.6 is 0 Å². The third-order valence-corrected chi connectivity index (χ3v) is 5.44. The molecule has 0 N–H and O–H groups in total. The standard InChI is InChI=1S/C89H3/c1-3-5-7-9-11-13-15-17-19-21-23-25-27-29-31-33-35-37-39-41-43-45-47-49-51-53-55-57-59-61-63-65-67-69-71-73-75-77-79-81-83-85-87-89-88-86-84-82-80-78-76-74-72-70-68-66-64-62-60-58-56-54-52-50-48-46-44-42-40-38-36-34-32-30-28-26-24-22-20-18-16-14-12-10-8-6-4-2/h1H3/q-1. The van der Waals surface area contributed by atoms with Crippen LogP contribution in [0.1, 0.15) is 6.92 Å². The summed E-state index contributed by atoms with van der Waals surface area (Å²) in [4.78, 5) is 0. The summed E-state index contributed by atoms with van der Waals surface area (Å²) in [6, 6.07) is 0. The lowest BCUT2D eigenvalue weighted by Gasteiger charge is -1.63. The van der Waals surface area contributed by atoms with E-state index in [4.69, 9.17) is 6.42 Å². The SMILES string of the molecule is [C-]#CC#CC#CC#CC#CC#CC#CC#CC#CC#CC#CC#CC#CC#CC#CC#CC#CC#CC#CC#CC#CC#CC#CC#CC#CC#CC#CC#CC#CC#CC#CC#CC#CC#CC#CC#CC#CC#CC#CC#CC#CC#CC#CC#CC. The van der Waals surface area contributed by atoms with E-state index in [9.17, 15) is 0 Å². The molecule has 0 amide bonds. The second kappa shape index (κ2) is 68.6. The third kappa shape index (κ3) is 68.6. The monoisotopic (exact) mass is 1070 g/mol. The second-order valence-corrected chi connectivity index (χ2v) is 11.0. The summed E-state index contributed by atoms with van der Waals surface area (Å²) in [6.45, 7) is 1.68. The molecule has 0 aromatic rings. The number of rotatable bonds is 0. The van der Waals surface area contributed by atoms with E-state index in [-0.39, 0.29) is 0 Å². The molecule has 0 saturated heterocycles. The molecule has 0 heteroatoms. The highest BCUT2D eigenvalue weighted by Crippen LogP contribution is 1.66. The van der Waals surface area contributed by atoms with Gasteiger partial charge in [0.25, 0.3) is 0 Å². The van der Waals surface area contributed by atoms with Crippen LogP contribution < -0.4 is 0 Å². The van der Waals surface area contributed by atoms with Crippen LogP contribution in [-0.2, 0) is 0 Å². The van der Waals surface area contributed by atoms with Crippen molar-refractivity contribution in [1.82, 2.24) is 0 Å². The van der Waals surface area contributed by atoms with E-state index in [1.807, 2.05) is 5.92 Å². The van der Waals surface area contributed by atoms with Crippen molar-refractivity contribution in [3.8, 4) is 515 Å². The van der Waals surface area contributed by atoms with E-state index in [2.05, 4.69) is 509 Å². The van der Waals surface area contributed by atoms with Gasteiger partial charge in [0.2, 0.25) is 0 Å². The highest BCUT2D eigenvalue weighted by molar-refractivity contribution is 5.55. The zero-order chi connectivity index (χ0) is 63.5. The molecule has 0 bridgehead atoms. The number of hydrogen-bond donors (Lipinski definition) is 0. The summed E-state index contributed by atoms with van der Waals surface area (Å²) in [5.41, 5.74) is 0. The first kappa shape index (κ1) is 69.6. The van der Waals surface area contributed by atoms with Gasteiger partial charge in [-0.25, -0.2) is 5.92 Å². The molecule has 360 valence electrons. The van der Waals surface area contributed by atoms with Crippen LogP contribution in [0.5, 0.6) is 0 Å². The van der Waals surface area contributed by atoms with Crippen LogP contribution in [0.25, 0.3) is 0 Å². The Bertz CT molecular complexity index is 6150. The fourth-order valence-corrected chi connectivity index (χ4v) is 2.69. The van der Waals surface area contributed by atoms with Gasteiger partial charge in [-0.15, -0.1) is 5.92 Å². The number of hydrogen-bond acceptors (Lipinski definition) is 0. The molecule has 0 aromatic carbocycles. The predicted molar refractivity (Wildman–Crippen MR) is 347 cm³/mol. The zero-order valence-electron chi connectivity index (χ0n) is 45.0. The fourth-order valence-electron chi connectivity index (χ4n) is 2.69. The smallest absolute Gasteiger partial charge is 0 e. The van der Waals surface area contributed by atoms with Crippen LogP contribution in [0.15, 0.2) is 0 Å². The summed E-state index contributed by atoms with van der Waals surface area (Å²) in [5.74, 6) is 216. The second-order valence-electron chi connectivity index (χ2n) is 11.0. The van der Waals surface area contributed by atoms with Crippen molar-refractivity contribution < 1.29 is 0 Å². The maximum absolute atomic E-state index is 6.58. The Kier molecular flexibility index (Phi) is 53.7. The lowest BCUT2D eigenvalue weighted by molar-refractivity contribution is 1.92. The van der Waals surface area contributed by atoms with Crippen LogP contribution in [-0.4, -0.2) is 0 Å². The molecule has 0 saturated carbocycles. The molecule has 89 heavy (non-hydrogen) atoms. The lowest BCUT2D eigenvalue weighted by atomic mass is 10.4. The summed E-state index contributed by atoms with van der Waals surface area (Å²) in [6.07, 6.45) is 6.58. The summed E-state index contributed by atoms with van der Waals surface area (Å²) in [5, 5.41) is 0. The highest BCUT2D eigenvalue weighted by atomic mass is 13.7. The van der Waals surface area contributed by atoms with Gasteiger partial charge >= 0.3 is 0 Å². The first-order chi connectivity index (χ1) is 44.4. The van der Waals surface area contributed by atoms with Gasteiger partial charge in [0, 0.05) is 397 Å². The maximum atomic E-state index is 6.58. The minimum Gasteiger partial charge on any atom is -0.358 e. The van der Waals surface area contributed by atoms with Crippen LogP contribution in [0.4, 0.5) is 0 Å².